The van der Waals surface area contributed by atoms with Crippen molar-refractivity contribution in [2.24, 2.45) is 0 Å². The predicted molar refractivity (Wildman–Crippen MR) is 77.8 cm³/mol. The van der Waals surface area contributed by atoms with Crippen molar-refractivity contribution in [1.82, 2.24) is 10.2 Å². The van der Waals surface area contributed by atoms with Gasteiger partial charge < -0.3 is 0 Å². The van der Waals surface area contributed by atoms with Crippen molar-refractivity contribution >= 4 is 16.9 Å². The summed E-state index contributed by atoms with van der Waals surface area (Å²) >= 11 is 1.70. The Kier molecular flexibility index (Phi) is 4.26. The molecule has 94 valence electrons. The van der Waals surface area contributed by atoms with E-state index in [9.17, 15) is 0 Å². The molecule has 0 radical (unpaired) electrons. The molecule has 0 aliphatic heterocycles. The number of benzene rings is 1. The van der Waals surface area contributed by atoms with Gasteiger partial charge in [-0.3, -0.25) is 0 Å². The number of hydrogen-bond acceptors (Lipinski definition) is 3. The van der Waals surface area contributed by atoms with Gasteiger partial charge in [-0.15, -0.1) is 10.2 Å². The van der Waals surface area contributed by atoms with Crippen molar-refractivity contribution in [3.8, 4) is 0 Å². The zero-order chi connectivity index (χ0) is 13.0. The summed E-state index contributed by atoms with van der Waals surface area (Å²) in [5, 5.41) is 10.6. The lowest BCUT2D eigenvalue weighted by molar-refractivity contribution is 0.901. The van der Waals surface area contributed by atoms with Gasteiger partial charge in [0.15, 0.2) is 0 Å². The molecule has 0 saturated heterocycles. The van der Waals surface area contributed by atoms with E-state index in [1.807, 2.05) is 6.92 Å². The van der Waals surface area contributed by atoms with Crippen LogP contribution in [0.1, 0.15) is 35.0 Å². The summed E-state index contributed by atoms with van der Waals surface area (Å²) in [6.45, 7) is 6.22. The zero-order valence-electron chi connectivity index (χ0n) is 11.1. The fourth-order valence-electron chi connectivity index (χ4n) is 1.64. The molecule has 2 aromatic rings. The second-order valence-electron chi connectivity index (χ2n) is 4.46. The maximum atomic E-state index is 4.25. The Morgan fingerprint density at radius 3 is 2.56 bits per heavy atom. The third-order valence-corrected chi connectivity index (χ3v) is 4.10. The molecule has 0 saturated carbocycles. The van der Waals surface area contributed by atoms with Gasteiger partial charge in [-0.1, -0.05) is 47.2 Å². The van der Waals surface area contributed by atoms with Crippen LogP contribution in [0.25, 0.3) is 5.57 Å². The van der Waals surface area contributed by atoms with E-state index in [4.69, 9.17) is 0 Å². The summed E-state index contributed by atoms with van der Waals surface area (Å²) in [4.78, 5) is 0. The number of aryl methyl sites for hydroxylation is 3. The molecule has 0 unspecified atom stereocenters. The van der Waals surface area contributed by atoms with Gasteiger partial charge >= 0.3 is 0 Å². The van der Waals surface area contributed by atoms with Crippen LogP contribution in [-0.2, 0) is 12.8 Å². The van der Waals surface area contributed by atoms with Gasteiger partial charge in [0.2, 0.25) is 0 Å². The van der Waals surface area contributed by atoms with Gasteiger partial charge in [-0.25, -0.2) is 0 Å². The number of rotatable bonds is 4. The Morgan fingerprint density at radius 1 is 1.17 bits per heavy atom. The number of aromatic nitrogens is 2. The molecule has 1 aromatic carbocycles. The van der Waals surface area contributed by atoms with E-state index in [1.165, 1.54) is 16.7 Å². The Hall–Kier alpha value is -1.48. The summed E-state index contributed by atoms with van der Waals surface area (Å²) < 4.78 is 0. The molecule has 0 N–H and O–H groups in total. The van der Waals surface area contributed by atoms with E-state index in [1.54, 1.807) is 11.3 Å². The van der Waals surface area contributed by atoms with Crippen molar-refractivity contribution in [3.63, 3.8) is 0 Å². The Labute approximate surface area is 112 Å². The Bertz CT molecular complexity index is 538. The third kappa shape index (κ3) is 3.26. The first-order valence-electron chi connectivity index (χ1n) is 6.20. The molecular weight excluding hydrogens is 240 g/mol. The van der Waals surface area contributed by atoms with Crippen LogP contribution in [0.3, 0.4) is 0 Å². The summed E-state index contributed by atoms with van der Waals surface area (Å²) in [7, 11) is 0. The first-order chi connectivity index (χ1) is 8.69. The molecule has 0 bridgehead atoms. The van der Waals surface area contributed by atoms with Gasteiger partial charge in [-0.05, 0) is 38.3 Å². The van der Waals surface area contributed by atoms with Gasteiger partial charge in [0.05, 0.1) is 0 Å². The fraction of sp³-hybridized carbons (Fsp3) is 0.333. The quantitative estimate of drug-likeness (QED) is 0.826. The van der Waals surface area contributed by atoms with Crippen molar-refractivity contribution in [3.05, 3.63) is 51.5 Å². The molecular formula is C15H18N2S. The second kappa shape index (κ2) is 5.91. The highest BCUT2D eigenvalue weighted by Gasteiger charge is 2.05. The lowest BCUT2D eigenvalue weighted by atomic mass is 10.1. The molecule has 2 nitrogen and oxygen atoms in total. The molecule has 0 aliphatic carbocycles. The predicted octanol–water partition coefficient (Wildman–Crippen LogP) is 4.05. The van der Waals surface area contributed by atoms with Crippen molar-refractivity contribution in [1.29, 1.82) is 0 Å². The average Bonchev–Trinajstić information content (AvgIpc) is 2.86. The summed E-state index contributed by atoms with van der Waals surface area (Å²) in [6, 6.07) is 8.69. The SMILES string of the molecule is CC=C(C)c1nnc(CCc2ccc(C)cc2)s1. The van der Waals surface area contributed by atoms with Crippen LogP contribution in [0.2, 0.25) is 0 Å². The van der Waals surface area contributed by atoms with E-state index >= 15 is 0 Å². The van der Waals surface area contributed by atoms with Crippen LogP contribution in [0, 0.1) is 6.92 Å². The minimum absolute atomic E-state index is 0.970. The van der Waals surface area contributed by atoms with Crippen LogP contribution in [0.5, 0.6) is 0 Å². The normalized spacial score (nSPS) is 11.8. The largest absolute Gasteiger partial charge is 0.143 e. The van der Waals surface area contributed by atoms with Gasteiger partial charge in [0, 0.05) is 6.42 Å². The minimum atomic E-state index is 0.970. The first kappa shape index (κ1) is 13.0. The van der Waals surface area contributed by atoms with Gasteiger partial charge in [0.1, 0.15) is 10.0 Å². The van der Waals surface area contributed by atoms with Crippen molar-refractivity contribution in [2.75, 3.05) is 0 Å². The molecule has 3 heteroatoms. The Balaban J connectivity index is 1.98. The van der Waals surface area contributed by atoms with Gasteiger partial charge in [0.25, 0.3) is 0 Å². The standard InChI is InChI=1S/C15H18N2S/c1-4-12(3)15-17-16-14(18-15)10-9-13-7-5-11(2)6-8-13/h4-8H,9-10H2,1-3H3. The Morgan fingerprint density at radius 2 is 1.89 bits per heavy atom. The number of nitrogens with zero attached hydrogens (tertiary/aromatic N) is 2. The first-order valence-corrected chi connectivity index (χ1v) is 7.02. The molecule has 1 aromatic heterocycles. The highest BCUT2D eigenvalue weighted by Crippen LogP contribution is 2.19. The maximum Gasteiger partial charge on any atom is 0.143 e. The zero-order valence-corrected chi connectivity index (χ0v) is 11.9. The third-order valence-electron chi connectivity index (χ3n) is 2.99. The molecule has 0 amide bonds. The number of hydrogen-bond donors (Lipinski definition) is 0. The molecule has 0 atom stereocenters. The van der Waals surface area contributed by atoms with Crippen LogP contribution in [0.4, 0.5) is 0 Å². The second-order valence-corrected chi connectivity index (χ2v) is 5.52. The summed E-state index contributed by atoms with van der Waals surface area (Å²) in [5.74, 6) is 0. The summed E-state index contributed by atoms with van der Waals surface area (Å²) in [6.07, 6.45) is 4.08. The van der Waals surface area contributed by atoms with E-state index in [0.29, 0.717) is 0 Å². The van der Waals surface area contributed by atoms with Crippen LogP contribution in [-0.4, -0.2) is 10.2 Å². The lowest BCUT2D eigenvalue weighted by Gasteiger charge is -1.99. The average molecular weight is 258 g/mol. The van der Waals surface area contributed by atoms with E-state index in [-0.39, 0.29) is 0 Å². The van der Waals surface area contributed by atoms with Crippen LogP contribution in [0.15, 0.2) is 30.3 Å². The number of allylic oxidation sites excluding steroid dienone is 2. The lowest BCUT2D eigenvalue weighted by Crippen LogP contribution is -1.90. The molecule has 18 heavy (non-hydrogen) atoms. The van der Waals surface area contributed by atoms with Gasteiger partial charge in [-0.2, -0.15) is 0 Å². The van der Waals surface area contributed by atoms with Crippen LogP contribution >= 0.6 is 11.3 Å². The monoisotopic (exact) mass is 258 g/mol. The fourth-order valence-corrected chi connectivity index (χ4v) is 2.51. The van der Waals surface area contributed by atoms with Crippen molar-refractivity contribution < 1.29 is 0 Å². The van der Waals surface area contributed by atoms with Crippen molar-refractivity contribution in [2.45, 2.75) is 33.6 Å². The smallest absolute Gasteiger partial charge is 0.143 e. The van der Waals surface area contributed by atoms with Crippen LogP contribution < -0.4 is 0 Å². The van der Waals surface area contributed by atoms with E-state index in [0.717, 1.165) is 22.9 Å². The molecule has 2 rings (SSSR count). The highest BCUT2D eigenvalue weighted by molar-refractivity contribution is 7.12. The highest BCUT2D eigenvalue weighted by atomic mass is 32.1. The molecule has 1 heterocycles. The maximum absolute atomic E-state index is 4.25. The van der Waals surface area contributed by atoms with E-state index < -0.39 is 0 Å². The minimum Gasteiger partial charge on any atom is -0.143 e. The summed E-state index contributed by atoms with van der Waals surface area (Å²) in [5.41, 5.74) is 3.87. The molecule has 0 aliphatic rings. The van der Waals surface area contributed by atoms with E-state index in [2.05, 4.69) is 54.4 Å². The molecule has 0 spiro atoms. The topological polar surface area (TPSA) is 25.8 Å². The molecule has 0 fully saturated rings.